The summed E-state index contributed by atoms with van der Waals surface area (Å²) in [5, 5.41) is 2.72. The Morgan fingerprint density at radius 2 is 2.18 bits per heavy atom. The van der Waals surface area contributed by atoms with Gasteiger partial charge >= 0.3 is 0 Å². The van der Waals surface area contributed by atoms with Gasteiger partial charge in [-0.2, -0.15) is 0 Å². The third-order valence-electron chi connectivity index (χ3n) is 1.86. The molecule has 1 rings (SSSR count). The Morgan fingerprint density at radius 1 is 1.55 bits per heavy atom. The third-order valence-corrected chi connectivity index (χ3v) is 1.86. The van der Waals surface area contributed by atoms with Crippen LogP contribution in [0.5, 0.6) is 0 Å². The second kappa shape index (κ2) is 3.69. The van der Waals surface area contributed by atoms with E-state index in [1.807, 2.05) is 0 Å². The van der Waals surface area contributed by atoms with Crippen LogP contribution < -0.4 is 5.32 Å². The molecule has 1 atom stereocenters. The minimum absolute atomic E-state index is 0.0779. The van der Waals surface area contributed by atoms with Crippen molar-refractivity contribution in [1.82, 2.24) is 5.32 Å². The molecule has 1 aliphatic rings. The van der Waals surface area contributed by atoms with Crippen LogP contribution in [-0.4, -0.2) is 33.0 Å². The first kappa shape index (κ1) is 8.49. The SMILES string of the molecule is COC(OC)C1CNC(=O)C1. The van der Waals surface area contributed by atoms with Gasteiger partial charge in [-0.25, -0.2) is 0 Å². The number of nitrogens with one attached hydrogen (secondary N) is 1. The molecule has 1 N–H and O–H groups in total. The molecule has 4 heteroatoms. The van der Waals surface area contributed by atoms with E-state index in [1.165, 1.54) is 0 Å². The number of hydrogen-bond donors (Lipinski definition) is 1. The second-order valence-electron chi connectivity index (χ2n) is 2.61. The van der Waals surface area contributed by atoms with Gasteiger partial charge in [-0.1, -0.05) is 0 Å². The molecular formula is C7H13NO3. The van der Waals surface area contributed by atoms with E-state index in [-0.39, 0.29) is 18.1 Å². The van der Waals surface area contributed by atoms with E-state index in [9.17, 15) is 4.79 Å². The molecule has 0 aromatic rings. The summed E-state index contributed by atoms with van der Waals surface area (Å²) in [6.45, 7) is 0.658. The van der Waals surface area contributed by atoms with Gasteiger partial charge in [0.1, 0.15) is 0 Å². The monoisotopic (exact) mass is 159 g/mol. The summed E-state index contributed by atoms with van der Waals surface area (Å²) < 4.78 is 10.0. The van der Waals surface area contributed by atoms with Gasteiger partial charge in [0.05, 0.1) is 0 Å². The molecule has 0 bridgehead atoms. The van der Waals surface area contributed by atoms with E-state index in [4.69, 9.17) is 9.47 Å². The lowest BCUT2D eigenvalue weighted by atomic mass is 10.1. The maximum atomic E-state index is 10.8. The molecule has 0 radical (unpaired) electrons. The lowest BCUT2D eigenvalue weighted by Crippen LogP contribution is -2.26. The molecule has 0 spiro atoms. The molecule has 1 aliphatic heterocycles. The molecule has 1 amide bonds. The molecule has 11 heavy (non-hydrogen) atoms. The van der Waals surface area contributed by atoms with Crippen molar-refractivity contribution in [2.45, 2.75) is 12.7 Å². The zero-order valence-corrected chi connectivity index (χ0v) is 6.79. The maximum Gasteiger partial charge on any atom is 0.220 e. The van der Waals surface area contributed by atoms with Crippen molar-refractivity contribution < 1.29 is 14.3 Å². The molecule has 0 saturated carbocycles. The van der Waals surface area contributed by atoms with Crippen LogP contribution in [0.15, 0.2) is 0 Å². The number of rotatable bonds is 3. The Labute approximate surface area is 65.9 Å². The van der Waals surface area contributed by atoms with E-state index in [1.54, 1.807) is 14.2 Å². The van der Waals surface area contributed by atoms with Gasteiger partial charge in [0.15, 0.2) is 6.29 Å². The Bertz CT molecular complexity index is 145. The van der Waals surface area contributed by atoms with Crippen molar-refractivity contribution in [3.8, 4) is 0 Å². The predicted octanol–water partition coefficient (Wildman–Crippen LogP) is -0.259. The summed E-state index contributed by atoms with van der Waals surface area (Å²) in [5.74, 6) is 0.242. The standard InChI is InChI=1S/C7H13NO3/c1-10-7(11-2)5-3-6(9)8-4-5/h5,7H,3-4H2,1-2H3,(H,8,9). The zero-order chi connectivity index (χ0) is 8.27. The van der Waals surface area contributed by atoms with Gasteiger partial charge in [-0.05, 0) is 0 Å². The van der Waals surface area contributed by atoms with Crippen molar-refractivity contribution >= 4 is 5.91 Å². The van der Waals surface area contributed by atoms with Gasteiger partial charge < -0.3 is 14.8 Å². The summed E-state index contributed by atoms with van der Waals surface area (Å²) in [6, 6.07) is 0. The fourth-order valence-electron chi connectivity index (χ4n) is 1.30. The third kappa shape index (κ3) is 1.91. The van der Waals surface area contributed by atoms with Gasteiger partial charge in [-0.3, -0.25) is 4.79 Å². The Kier molecular flexibility index (Phi) is 2.84. The summed E-state index contributed by atoms with van der Waals surface area (Å²) in [7, 11) is 3.16. The lowest BCUT2D eigenvalue weighted by Gasteiger charge is -2.18. The molecule has 4 nitrogen and oxygen atoms in total. The molecule has 1 unspecified atom stereocenters. The quantitative estimate of drug-likeness (QED) is 0.577. The number of carbonyl (C=O) groups is 1. The van der Waals surface area contributed by atoms with E-state index >= 15 is 0 Å². The summed E-state index contributed by atoms with van der Waals surface area (Å²) in [6.07, 6.45) is 0.251. The summed E-state index contributed by atoms with van der Waals surface area (Å²) >= 11 is 0. The van der Waals surface area contributed by atoms with E-state index in [2.05, 4.69) is 5.32 Å². The fourth-order valence-corrected chi connectivity index (χ4v) is 1.30. The minimum Gasteiger partial charge on any atom is -0.356 e. The van der Waals surface area contributed by atoms with Crippen LogP contribution in [0.25, 0.3) is 0 Å². The average molecular weight is 159 g/mol. The molecule has 1 heterocycles. The molecule has 0 aromatic carbocycles. The maximum absolute atomic E-state index is 10.8. The van der Waals surface area contributed by atoms with Crippen LogP contribution in [0.4, 0.5) is 0 Å². The largest absolute Gasteiger partial charge is 0.356 e. The van der Waals surface area contributed by atoms with Crippen molar-refractivity contribution in [3.63, 3.8) is 0 Å². The number of amides is 1. The Balaban J connectivity index is 2.40. The molecule has 0 aromatic heterocycles. The van der Waals surface area contributed by atoms with Crippen LogP contribution >= 0.6 is 0 Å². The molecule has 0 aliphatic carbocycles. The van der Waals surface area contributed by atoms with Gasteiger partial charge in [0, 0.05) is 33.1 Å². The smallest absolute Gasteiger partial charge is 0.220 e. The van der Waals surface area contributed by atoms with Crippen LogP contribution in [-0.2, 0) is 14.3 Å². The normalized spacial score (nSPS) is 24.3. The highest BCUT2D eigenvalue weighted by atomic mass is 16.7. The first-order chi connectivity index (χ1) is 5.27. The van der Waals surface area contributed by atoms with E-state index in [0.29, 0.717) is 13.0 Å². The highest BCUT2D eigenvalue weighted by Gasteiger charge is 2.29. The van der Waals surface area contributed by atoms with Crippen LogP contribution in [0.3, 0.4) is 0 Å². The highest BCUT2D eigenvalue weighted by Crippen LogP contribution is 2.16. The van der Waals surface area contributed by atoms with Gasteiger partial charge in [0.25, 0.3) is 0 Å². The highest BCUT2D eigenvalue weighted by molar-refractivity contribution is 5.78. The molecule has 1 saturated heterocycles. The van der Waals surface area contributed by atoms with Crippen molar-refractivity contribution in [1.29, 1.82) is 0 Å². The van der Waals surface area contributed by atoms with Gasteiger partial charge in [0.2, 0.25) is 5.91 Å². The predicted molar refractivity (Wildman–Crippen MR) is 38.9 cm³/mol. The zero-order valence-electron chi connectivity index (χ0n) is 6.79. The topological polar surface area (TPSA) is 47.6 Å². The van der Waals surface area contributed by atoms with Crippen molar-refractivity contribution in [2.75, 3.05) is 20.8 Å². The number of methoxy groups -OCH3 is 2. The van der Waals surface area contributed by atoms with Crippen LogP contribution in [0.1, 0.15) is 6.42 Å². The molecular weight excluding hydrogens is 146 g/mol. The Morgan fingerprint density at radius 3 is 2.55 bits per heavy atom. The minimum atomic E-state index is -0.256. The molecule has 1 fully saturated rings. The first-order valence-corrected chi connectivity index (χ1v) is 3.60. The van der Waals surface area contributed by atoms with Crippen LogP contribution in [0, 0.1) is 5.92 Å². The average Bonchev–Trinajstić information content (AvgIpc) is 2.39. The number of carbonyl (C=O) groups excluding carboxylic acids is 1. The van der Waals surface area contributed by atoms with Crippen LogP contribution in [0.2, 0.25) is 0 Å². The van der Waals surface area contributed by atoms with Crippen molar-refractivity contribution in [2.24, 2.45) is 5.92 Å². The first-order valence-electron chi connectivity index (χ1n) is 3.60. The lowest BCUT2D eigenvalue weighted by molar-refractivity contribution is -0.136. The van der Waals surface area contributed by atoms with E-state index < -0.39 is 0 Å². The second-order valence-corrected chi connectivity index (χ2v) is 2.61. The summed E-state index contributed by atoms with van der Waals surface area (Å²) in [4.78, 5) is 10.8. The fraction of sp³-hybridized carbons (Fsp3) is 0.857. The van der Waals surface area contributed by atoms with E-state index in [0.717, 1.165) is 0 Å². The summed E-state index contributed by atoms with van der Waals surface area (Å²) in [5.41, 5.74) is 0. The number of ether oxygens (including phenoxy) is 2. The Hall–Kier alpha value is -0.610. The van der Waals surface area contributed by atoms with Gasteiger partial charge in [-0.15, -0.1) is 0 Å². The number of hydrogen-bond acceptors (Lipinski definition) is 3. The van der Waals surface area contributed by atoms with Crippen molar-refractivity contribution in [3.05, 3.63) is 0 Å². The molecule has 64 valence electrons.